The van der Waals surface area contributed by atoms with E-state index in [-0.39, 0.29) is 63.0 Å². The van der Waals surface area contributed by atoms with E-state index >= 15 is 4.79 Å². The molecule has 3 aliphatic heterocycles. The van der Waals surface area contributed by atoms with E-state index in [1.165, 1.54) is 18.2 Å². The van der Waals surface area contributed by atoms with Gasteiger partial charge in [-0.1, -0.05) is 48.3 Å². The quantitative estimate of drug-likeness (QED) is 0.0189. The molecule has 7 atom stereocenters. The molecule has 4 aromatic carbocycles. The van der Waals surface area contributed by atoms with Crippen LogP contribution in [0.2, 0.25) is 0 Å². The largest absolute Gasteiger partial charge is 0.459 e. The van der Waals surface area contributed by atoms with Crippen LogP contribution in [0.3, 0.4) is 0 Å². The summed E-state index contributed by atoms with van der Waals surface area (Å²) in [4.78, 5) is 46.3. The predicted molar refractivity (Wildman–Crippen MR) is 267 cm³/mol. The Morgan fingerprint density at radius 2 is 1.71 bits per heavy atom. The van der Waals surface area contributed by atoms with Crippen LogP contribution < -0.4 is 18.9 Å². The Balaban J connectivity index is 1.24. The summed E-state index contributed by atoms with van der Waals surface area (Å²) in [5.41, 5.74) is 4.04. The third-order valence-electron chi connectivity index (χ3n) is 14.3. The van der Waals surface area contributed by atoms with Crippen molar-refractivity contribution >= 4 is 29.7 Å². The molecular formula is C56H61N3O13. The van der Waals surface area contributed by atoms with Crippen molar-refractivity contribution < 1.29 is 58.0 Å². The molecule has 1 unspecified atom stereocenters. The van der Waals surface area contributed by atoms with Gasteiger partial charge in [0.2, 0.25) is 24.8 Å². The van der Waals surface area contributed by atoms with Crippen LogP contribution in [0.25, 0.3) is 6.08 Å². The Morgan fingerprint density at radius 1 is 0.917 bits per heavy atom. The second-order valence-electron chi connectivity index (χ2n) is 18.8. The van der Waals surface area contributed by atoms with Crippen molar-refractivity contribution in [1.82, 2.24) is 4.90 Å². The zero-order chi connectivity index (χ0) is 50.0. The number of hydrogen-bond acceptors (Lipinski definition) is 14. The van der Waals surface area contributed by atoms with Gasteiger partial charge in [0.1, 0.15) is 29.6 Å². The van der Waals surface area contributed by atoms with E-state index < -0.39 is 34.9 Å². The lowest BCUT2D eigenvalue weighted by Gasteiger charge is -2.60. The molecule has 5 aliphatic rings. The van der Waals surface area contributed by atoms with Crippen molar-refractivity contribution in [2.75, 3.05) is 33.2 Å². The number of ether oxygens (including phenoxy) is 6. The predicted octanol–water partition coefficient (Wildman–Crippen LogP) is 9.83. The lowest BCUT2D eigenvalue weighted by Crippen LogP contribution is -2.70. The molecule has 378 valence electrons. The monoisotopic (exact) mass is 983 g/mol. The number of unbranched alkanes of at least 4 members (excludes halogenated alkanes) is 2. The number of nitro benzene ring substituents is 1. The Bertz CT molecular complexity index is 2680. The summed E-state index contributed by atoms with van der Waals surface area (Å²) in [5, 5.41) is 36.6. The summed E-state index contributed by atoms with van der Waals surface area (Å²) in [5.74, 6) is -0.363. The first kappa shape index (κ1) is 50.1. The Labute approximate surface area is 418 Å². The number of amides is 1. The highest BCUT2D eigenvalue weighted by Gasteiger charge is 2.65. The van der Waals surface area contributed by atoms with E-state index in [9.17, 15) is 25.1 Å². The highest BCUT2D eigenvalue weighted by Crippen LogP contribution is 2.62. The molecule has 0 bridgehead atoms. The number of allylic oxidation sites excluding steroid dienone is 1. The van der Waals surface area contributed by atoms with Gasteiger partial charge in [-0.15, -0.1) is 6.58 Å². The number of nitro groups is 1. The summed E-state index contributed by atoms with van der Waals surface area (Å²) in [6, 6.07) is 23.3. The van der Waals surface area contributed by atoms with Crippen molar-refractivity contribution in [2.45, 2.75) is 94.8 Å². The first-order valence-electron chi connectivity index (χ1n) is 24.9. The topological polar surface area (TPSA) is 198 Å². The lowest BCUT2D eigenvalue weighted by atomic mass is 9.55. The molecule has 16 heteroatoms. The molecule has 2 aliphatic carbocycles. The first-order valence-corrected chi connectivity index (χ1v) is 24.9. The van der Waals surface area contributed by atoms with Crippen molar-refractivity contribution in [2.24, 2.45) is 22.9 Å². The molecule has 16 nitrogen and oxygen atoms in total. The Morgan fingerprint density at radius 3 is 2.47 bits per heavy atom. The fraction of sp³-hybridized carbons (Fsp3) is 0.411. The number of aliphatic hydroxyl groups is 2. The molecule has 3 heterocycles. The van der Waals surface area contributed by atoms with Crippen LogP contribution in [0.1, 0.15) is 97.2 Å². The van der Waals surface area contributed by atoms with Crippen molar-refractivity contribution in [3.63, 3.8) is 0 Å². The number of aliphatic hydroxyl groups excluding tert-OH is 2. The van der Waals surface area contributed by atoms with Gasteiger partial charge in [0.15, 0.2) is 11.5 Å². The van der Waals surface area contributed by atoms with Crippen LogP contribution in [0.15, 0.2) is 120 Å². The number of nitrogens with zero attached hydrogens (tertiary/aromatic N) is 3. The average Bonchev–Trinajstić information content (AvgIpc) is 3.88. The molecule has 4 aromatic rings. The summed E-state index contributed by atoms with van der Waals surface area (Å²) >= 11 is 0. The van der Waals surface area contributed by atoms with E-state index in [2.05, 4.69) is 12.7 Å². The number of benzene rings is 4. The minimum atomic E-state index is -1.59. The first-order chi connectivity index (χ1) is 35.2. The van der Waals surface area contributed by atoms with Crippen LogP contribution in [0, 0.1) is 27.9 Å². The maximum absolute atomic E-state index is 15.4. The number of hydrogen-bond donors (Lipinski definition) is 2. The minimum absolute atomic E-state index is 0.0212. The van der Waals surface area contributed by atoms with Crippen molar-refractivity contribution in [3.05, 3.63) is 148 Å². The number of oxime groups is 1. The van der Waals surface area contributed by atoms with E-state index in [0.29, 0.717) is 71.5 Å². The zero-order valence-corrected chi connectivity index (χ0v) is 40.2. The molecule has 0 aromatic heterocycles. The molecule has 0 spiro atoms. The summed E-state index contributed by atoms with van der Waals surface area (Å²) in [7, 11) is 0. The smallest absolute Gasteiger partial charge is 0.269 e. The number of carbonyl (C=O) groups is 2. The molecular weight excluding hydrogens is 923 g/mol. The maximum atomic E-state index is 15.4. The standard InChI is InChI=1S/C56H61N3O13/c1-2-27-69-56-51(58(34-38-17-22-49-50(30-38)68-36-67-49)52(63)24-18-37-15-19-41(20-16-37)59(64)65)33-47(57-72-53-14-5-8-28-66-53)45-31-40(11-3-6-25-60)44(13-4-7-26-61)54(55(45)56)46-32-43(21-23-48(46)71-56)70-42-12-9-10-39(29-42)35-62/h2,9-10,12,15-24,29-32,35,40,44,51,53-55,60-61H,1,3-8,11,13-14,25-28,33-34,36H2/t40-,44+,51-,53?,54+,55+,56+/m0/s1. The van der Waals surface area contributed by atoms with Gasteiger partial charge in [-0.3, -0.25) is 19.7 Å². The highest BCUT2D eigenvalue weighted by atomic mass is 16.8. The minimum Gasteiger partial charge on any atom is -0.459 e. The molecule has 1 saturated carbocycles. The van der Waals surface area contributed by atoms with Gasteiger partial charge in [-0.25, -0.2) is 0 Å². The van der Waals surface area contributed by atoms with Crippen LogP contribution >= 0.6 is 0 Å². The SMILES string of the molecule is C=CCO[C@@]12Oc3ccc(Oc4cccc(C=O)c4)cc3[C@H]3[C@H](CCCCO)[C@@H](CCCCO)C=C(C(=NOC4CCCCO4)C[C@@H]1N(Cc1ccc4c(c1)OCO4)C(=O)C=Cc1ccc([N+](=O)[O-])cc1)[C@H]32. The lowest BCUT2D eigenvalue weighted by molar-refractivity contribution is -0.384. The second kappa shape index (κ2) is 23.1. The normalized spacial score (nSPS) is 24.4. The molecule has 9 rings (SSSR count). The third-order valence-corrected chi connectivity index (χ3v) is 14.3. The Hall–Kier alpha value is -6.85. The van der Waals surface area contributed by atoms with Gasteiger partial charge in [0, 0.05) is 67.9 Å². The van der Waals surface area contributed by atoms with Crippen molar-refractivity contribution in [1.29, 1.82) is 0 Å². The summed E-state index contributed by atoms with van der Waals surface area (Å²) in [6.45, 7) is 4.87. The Kier molecular flexibility index (Phi) is 16.1. The molecule has 1 amide bonds. The maximum Gasteiger partial charge on any atom is 0.269 e. The fourth-order valence-electron chi connectivity index (χ4n) is 11.0. The van der Waals surface area contributed by atoms with Gasteiger partial charge >= 0.3 is 0 Å². The van der Waals surface area contributed by atoms with Crippen LogP contribution in [0.4, 0.5) is 5.69 Å². The summed E-state index contributed by atoms with van der Waals surface area (Å²) in [6.07, 6.45) is 14.0. The van der Waals surface area contributed by atoms with Crippen LogP contribution in [-0.4, -0.2) is 89.3 Å². The number of aldehydes is 1. The van der Waals surface area contributed by atoms with Crippen molar-refractivity contribution in [3.8, 4) is 28.7 Å². The number of fused-ring (bicyclic) bond motifs is 3. The van der Waals surface area contributed by atoms with Gasteiger partial charge < -0.3 is 48.4 Å². The molecule has 2 fully saturated rings. The molecule has 0 radical (unpaired) electrons. The van der Waals surface area contributed by atoms with Gasteiger partial charge in [0.25, 0.3) is 5.69 Å². The van der Waals surface area contributed by atoms with Gasteiger partial charge in [-0.2, -0.15) is 0 Å². The molecule has 2 N–H and O–H groups in total. The van der Waals surface area contributed by atoms with E-state index in [0.717, 1.165) is 61.5 Å². The highest BCUT2D eigenvalue weighted by molar-refractivity contribution is 6.03. The van der Waals surface area contributed by atoms with E-state index in [1.807, 2.05) is 36.4 Å². The van der Waals surface area contributed by atoms with E-state index in [1.54, 1.807) is 53.5 Å². The fourth-order valence-corrected chi connectivity index (χ4v) is 11.0. The van der Waals surface area contributed by atoms with Gasteiger partial charge in [-0.05, 0) is 128 Å². The van der Waals surface area contributed by atoms with Crippen LogP contribution in [-0.2, 0) is 25.7 Å². The number of carbonyl (C=O) groups excluding carboxylic acids is 2. The van der Waals surface area contributed by atoms with Gasteiger partial charge in [0.05, 0.1) is 29.8 Å². The molecule has 72 heavy (non-hydrogen) atoms. The summed E-state index contributed by atoms with van der Waals surface area (Å²) < 4.78 is 38.7. The molecule has 1 saturated heterocycles. The third kappa shape index (κ3) is 11.0. The second-order valence-corrected chi connectivity index (χ2v) is 18.8. The zero-order valence-electron chi connectivity index (χ0n) is 40.2. The number of non-ortho nitro benzene ring substituents is 1. The average molecular weight is 984 g/mol. The van der Waals surface area contributed by atoms with Crippen LogP contribution in [0.5, 0.6) is 28.7 Å². The van der Waals surface area contributed by atoms with E-state index in [4.69, 9.17) is 38.4 Å². The number of rotatable bonds is 22.